The first-order valence-electron chi connectivity index (χ1n) is 9.07. The maximum absolute atomic E-state index is 8.75. The molecule has 20 heavy (non-hydrogen) atoms. The molecule has 2 nitrogen and oxygen atoms in total. The van der Waals surface area contributed by atoms with E-state index >= 15 is 0 Å². The molecular formula is C18H38O2. The molecule has 0 aliphatic heterocycles. The summed E-state index contributed by atoms with van der Waals surface area (Å²) in [6.45, 7) is 5.09. The lowest BCUT2D eigenvalue weighted by molar-refractivity contribution is 0.0208. The van der Waals surface area contributed by atoms with Gasteiger partial charge in [-0.15, -0.1) is 0 Å². The fourth-order valence-corrected chi connectivity index (χ4v) is 2.66. The van der Waals surface area contributed by atoms with Gasteiger partial charge in [0.2, 0.25) is 0 Å². The minimum absolute atomic E-state index is 0.148. The van der Waals surface area contributed by atoms with E-state index in [1.807, 2.05) is 0 Å². The molecule has 1 N–H and O–H groups in total. The molecule has 0 spiro atoms. The Balaban J connectivity index is 3.15. The largest absolute Gasteiger partial charge is 0.394 e. The average molecular weight is 286 g/mol. The van der Waals surface area contributed by atoms with Crippen LogP contribution < -0.4 is 0 Å². The molecule has 0 rings (SSSR count). The Morgan fingerprint density at radius 2 is 1.25 bits per heavy atom. The van der Waals surface area contributed by atoms with Gasteiger partial charge < -0.3 is 9.84 Å². The summed E-state index contributed by atoms with van der Waals surface area (Å²) >= 11 is 0. The zero-order chi connectivity index (χ0) is 14.9. The standard InChI is InChI=1S/C18H38O2/c1-3-5-6-7-8-9-10-11-12-13-14-15-18(4-2)20-17-16-19/h18-19H,3-17H2,1-2H3. The third kappa shape index (κ3) is 14.3. The van der Waals surface area contributed by atoms with Crippen molar-refractivity contribution in [2.75, 3.05) is 13.2 Å². The van der Waals surface area contributed by atoms with Crippen molar-refractivity contribution in [2.45, 2.75) is 103 Å². The number of hydrogen-bond donors (Lipinski definition) is 1. The van der Waals surface area contributed by atoms with Gasteiger partial charge >= 0.3 is 0 Å². The van der Waals surface area contributed by atoms with E-state index in [0.717, 1.165) is 12.8 Å². The lowest BCUT2D eigenvalue weighted by Crippen LogP contribution is -2.14. The van der Waals surface area contributed by atoms with Crippen LogP contribution in [0.2, 0.25) is 0 Å². The number of ether oxygens (including phenoxy) is 1. The zero-order valence-electron chi connectivity index (χ0n) is 14.0. The number of aliphatic hydroxyl groups excluding tert-OH is 1. The maximum atomic E-state index is 8.75. The molecule has 1 unspecified atom stereocenters. The van der Waals surface area contributed by atoms with Gasteiger partial charge in [-0.25, -0.2) is 0 Å². The van der Waals surface area contributed by atoms with Gasteiger partial charge in [-0.2, -0.15) is 0 Å². The molecule has 0 fully saturated rings. The number of aliphatic hydroxyl groups is 1. The third-order valence-electron chi connectivity index (χ3n) is 4.03. The Morgan fingerprint density at radius 1 is 0.750 bits per heavy atom. The topological polar surface area (TPSA) is 29.5 Å². The fourth-order valence-electron chi connectivity index (χ4n) is 2.66. The molecule has 0 saturated carbocycles. The normalized spacial score (nSPS) is 12.8. The van der Waals surface area contributed by atoms with Crippen LogP contribution in [0, 0.1) is 0 Å². The molecule has 0 aromatic heterocycles. The molecule has 0 amide bonds. The zero-order valence-corrected chi connectivity index (χ0v) is 14.0. The van der Waals surface area contributed by atoms with E-state index in [2.05, 4.69) is 13.8 Å². The van der Waals surface area contributed by atoms with Crippen LogP contribution in [0.3, 0.4) is 0 Å². The molecule has 0 aromatic carbocycles. The van der Waals surface area contributed by atoms with Crippen molar-refractivity contribution in [1.82, 2.24) is 0 Å². The summed E-state index contributed by atoms with van der Waals surface area (Å²) in [7, 11) is 0. The summed E-state index contributed by atoms with van der Waals surface area (Å²) in [4.78, 5) is 0. The Hall–Kier alpha value is -0.0800. The van der Waals surface area contributed by atoms with Gasteiger partial charge in [-0.05, 0) is 12.8 Å². The summed E-state index contributed by atoms with van der Waals surface area (Å²) in [5.41, 5.74) is 0. The molecule has 0 heterocycles. The second-order valence-corrected chi connectivity index (χ2v) is 5.95. The van der Waals surface area contributed by atoms with Gasteiger partial charge in [-0.1, -0.05) is 84.5 Å². The van der Waals surface area contributed by atoms with E-state index in [4.69, 9.17) is 9.84 Å². The minimum Gasteiger partial charge on any atom is -0.394 e. The Bertz CT molecular complexity index is 171. The quantitative estimate of drug-likeness (QED) is 0.381. The van der Waals surface area contributed by atoms with Crippen LogP contribution in [0.15, 0.2) is 0 Å². The second-order valence-electron chi connectivity index (χ2n) is 5.95. The van der Waals surface area contributed by atoms with Crippen molar-refractivity contribution >= 4 is 0 Å². The molecular weight excluding hydrogens is 248 g/mol. The third-order valence-corrected chi connectivity index (χ3v) is 4.03. The van der Waals surface area contributed by atoms with E-state index in [1.165, 1.54) is 70.6 Å². The summed E-state index contributed by atoms with van der Waals surface area (Å²) in [6.07, 6.45) is 17.9. The summed E-state index contributed by atoms with van der Waals surface area (Å²) in [5, 5.41) is 8.75. The summed E-state index contributed by atoms with van der Waals surface area (Å²) in [5.74, 6) is 0. The van der Waals surface area contributed by atoms with Gasteiger partial charge in [-0.3, -0.25) is 0 Å². The minimum atomic E-state index is 0.148. The first kappa shape index (κ1) is 19.9. The van der Waals surface area contributed by atoms with Gasteiger partial charge in [0.25, 0.3) is 0 Å². The van der Waals surface area contributed by atoms with Gasteiger partial charge in [0.1, 0.15) is 0 Å². The average Bonchev–Trinajstić information content (AvgIpc) is 2.48. The van der Waals surface area contributed by atoms with Crippen molar-refractivity contribution in [3.05, 3.63) is 0 Å². The highest BCUT2D eigenvalue weighted by molar-refractivity contribution is 4.56. The molecule has 0 aliphatic carbocycles. The molecule has 2 heteroatoms. The Kier molecular flexibility index (Phi) is 16.9. The monoisotopic (exact) mass is 286 g/mol. The molecule has 0 aliphatic rings. The van der Waals surface area contributed by atoms with Crippen LogP contribution in [0.25, 0.3) is 0 Å². The first-order valence-corrected chi connectivity index (χ1v) is 9.07. The summed E-state index contributed by atoms with van der Waals surface area (Å²) in [6, 6.07) is 0. The van der Waals surface area contributed by atoms with Crippen LogP contribution >= 0.6 is 0 Å². The highest BCUT2D eigenvalue weighted by Crippen LogP contribution is 2.14. The molecule has 0 radical (unpaired) electrons. The second kappa shape index (κ2) is 17.0. The molecule has 0 bridgehead atoms. The Morgan fingerprint density at radius 3 is 1.70 bits per heavy atom. The number of hydrogen-bond acceptors (Lipinski definition) is 2. The predicted molar refractivity (Wildman–Crippen MR) is 88.2 cm³/mol. The van der Waals surface area contributed by atoms with Crippen LogP contribution in [-0.4, -0.2) is 24.4 Å². The fraction of sp³-hybridized carbons (Fsp3) is 1.00. The van der Waals surface area contributed by atoms with E-state index in [0.29, 0.717) is 12.7 Å². The molecule has 0 saturated heterocycles. The summed E-state index contributed by atoms with van der Waals surface area (Å²) < 4.78 is 5.58. The highest BCUT2D eigenvalue weighted by Gasteiger charge is 2.05. The number of unbranched alkanes of at least 4 members (excludes halogenated alkanes) is 10. The maximum Gasteiger partial charge on any atom is 0.0701 e. The highest BCUT2D eigenvalue weighted by atomic mass is 16.5. The lowest BCUT2D eigenvalue weighted by Gasteiger charge is -2.15. The predicted octanol–water partition coefficient (Wildman–Crippen LogP) is 5.48. The molecule has 1 atom stereocenters. The molecule has 0 aromatic rings. The first-order chi connectivity index (χ1) is 9.85. The van der Waals surface area contributed by atoms with E-state index in [1.54, 1.807) is 0 Å². The van der Waals surface area contributed by atoms with Crippen LogP contribution in [0.4, 0.5) is 0 Å². The Labute approximate surface area is 127 Å². The smallest absolute Gasteiger partial charge is 0.0701 e. The van der Waals surface area contributed by atoms with E-state index in [-0.39, 0.29) is 6.61 Å². The van der Waals surface area contributed by atoms with E-state index < -0.39 is 0 Å². The van der Waals surface area contributed by atoms with Crippen LogP contribution in [-0.2, 0) is 4.74 Å². The van der Waals surface area contributed by atoms with Crippen LogP contribution in [0.1, 0.15) is 97.3 Å². The van der Waals surface area contributed by atoms with Crippen molar-refractivity contribution in [3.8, 4) is 0 Å². The van der Waals surface area contributed by atoms with Crippen LogP contribution in [0.5, 0.6) is 0 Å². The van der Waals surface area contributed by atoms with Gasteiger partial charge in [0, 0.05) is 0 Å². The van der Waals surface area contributed by atoms with Gasteiger partial charge in [0.05, 0.1) is 19.3 Å². The SMILES string of the molecule is CCCCCCCCCCCCCC(CC)OCCO. The number of rotatable bonds is 16. The van der Waals surface area contributed by atoms with E-state index in [9.17, 15) is 0 Å². The van der Waals surface area contributed by atoms with Crippen molar-refractivity contribution in [2.24, 2.45) is 0 Å². The van der Waals surface area contributed by atoms with Crippen molar-refractivity contribution in [3.63, 3.8) is 0 Å². The molecule has 122 valence electrons. The lowest BCUT2D eigenvalue weighted by atomic mass is 10.0. The van der Waals surface area contributed by atoms with Crippen molar-refractivity contribution < 1.29 is 9.84 Å². The van der Waals surface area contributed by atoms with Gasteiger partial charge in [0.15, 0.2) is 0 Å². The van der Waals surface area contributed by atoms with Crippen molar-refractivity contribution in [1.29, 1.82) is 0 Å².